The molecular formula is C14H25N3O2S. The number of carbonyl (C=O) groups is 1. The zero-order valence-electron chi connectivity index (χ0n) is 12.5. The fraction of sp³-hybridized carbons (Fsp3) is 0.714. The minimum Gasteiger partial charge on any atom is -0.396 e. The Kier molecular flexibility index (Phi) is 7.54. The van der Waals surface area contributed by atoms with Crippen LogP contribution in [0.1, 0.15) is 37.4 Å². The topological polar surface area (TPSA) is 74.2 Å². The van der Waals surface area contributed by atoms with E-state index in [1.165, 1.54) is 0 Å². The van der Waals surface area contributed by atoms with Gasteiger partial charge < -0.3 is 15.7 Å². The van der Waals surface area contributed by atoms with Gasteiger partial charge in [-0.25, -0.2) is 9.78 Å². The summed E-state index contributed by atoms with van der Waals surface area (Å²) >= 11 is 1.69. The molecule has 1 aromatic rings. The predicted molar refractivity (Wildman–Crippen MR) is 82.0 cm³/mol. The van der Waals surface area contributed by atoms with E-state index in [0.717, 1.165) is 30.0 Å². The predicted octanol–water partition coefficient (Wildman–Crippen LogP) is 2.09. The molecule has 0 spiro atoms. The Hall–Kier alpha value is -1.14. The maximum Gasteiger partial charge on any atom is 0.315 e. The standard InChI is InChI=1S/C14H25N3O2S/c1-10(8-18)12(3)17-14(19)15-7-5-4-6-13-16-11(2)9-20-13/h9-10,12,18H,4-8H2,1-3H3,(H2,15,17,19). The molecular weight excluding hydrogens is 274 g/mol. The van der Waals surface area contributed by atoms with E-state index in [1.54, 1.807) is 11.3 Å². The lowest BCUT2D eigenvalue weighted by molar-refractivity contribution is 0.200. The first-order chi connectivity index (χ1) is 9.52. The number of aromatic nitrogens is 1. The molecule has 0 aliphatic rings. The molecule has 5 nitrogen and oxygen atoms in total. The molecule has 0 aromatic carbocycles. The van der Waals surface area contributed by atoms with Crippen LogP contribution in [0.2, 0.25) is 0 Å². The number of urea groups is 1. The number of hydrogen-bond donors (Lipinski definition) is 3. The fourth-order valence-corrected chi connectivity index (χ4v) is 2.50. The molecule has 20 heavy (non-hydrogen) atoms. The van der Waals surface area contributed by atoms with Gasteiger partial charge in [-0.15, -0.1) is 11.3 Å². The average molecular weight is 299 g/mol. The van der Waals surface area contributed by atoms with Crippen LogP contribution in [0.15, 0.2) is 5.38 Å². The Balaban J connectivity index is 2.07. The highest BCUT2D eigenvalue weighted by atomic mass is 32.1. The Labute approximate surface area is 124 Å². The van der Waals surface area contributed by atoms with Gasteiger partial charge >= 0.3 is 6.03 Å². The van der Waals surface area contributed by atoms with Crippen molar-refractivity contribution in [3.63, 3.8) is 0 Å². The molecule has 6 heteroatoms. The van der Waals surface area contributed by atoms with Gasteiger partial charge in [-0.05, 0) is 39.0 Å². The smallest absolute Gasteiger partial charge is 0.315 e. The van der Waals surface area contributed by atoms with Crippen LogP contribution < -0.4 is 10.6 Å². The minimum atomic E-state index is -0.164. The van der Waals surface area contributed by atoms with E-state index in [0.29, 0.717) is 6.54 Å². The molecule has 1 heterocycles. The number of aliphatic hydroxyl groups is 1. The van der Waals surface area contributed by atoms with Gasteiger partial charge in [0, 0.05) is 30.3 Å². The average Bonchev–Trinajstić information content (AvgIpc) is 2.83. The van der Waals surface area contributed by atoms with E-state index in [4.69, 9.17) is 5.11 Å². The molecule has 0 aliphatic carbocycles. The normalized spacial score (nSPS) is 13.8. The quantitative estimate of drug-likeness (QED) is 0.643. The summed E-state index contributed by atoms with van der Waals surface area (Å²) in [4.78, 5) is 16.0. The van der Waals surface area contributed by atoms with Gasteiger partial charge in [0.15, 0.2) is 0 Å². The van der Waals surface area contributed by atoms with Gasteiger partial charge in [0.05, 0.1) is 5.01 Å². The summed E-state index contributed by atoms with van der Waals surface area (Å²) in [6.07, 6.45) is 2.94. The lowest BCUT2D eigenvalue weighted by Gasteiger charge is -2.19. The third-order valence-electron chi connectivity index (χ3n) is 3.27. The van der Waals surface area contributed by atoms with E-state index in [1.807, 2.05) is 20.8 Å². The maximum atomic E-state index is 11.6. The summed E-state index contributed by atoms with van der Waals surface area (Å²) in [5.41, 5.74) is 1.08. The summed E-state index contributed by atoms with van der Waals surface area (Å²) in [6.45, 7) is 6.54. The maximum absolute atomic E-state index is 11.6. The van der Waals surface area contributed by atoms with E-state index in [9.17, 15) is 4.79 Å². The number of carbonyl (C=O) groups excluding carboxylic acids is 1. The zero-order chi connectivity index (χ0) is 15.0. The molecule has 0 saturated heterocycles. The molecule has 0 bridgehead atoms. The fourth-order valence-electron chi connectivity index (χ4n) is 1.68. The summed E-state index contributed by atoms with van der Waals surface area (Å²) in [6, 6.07) is -0.193. The third-order valence-corrected chi connectivity index (χ3v) is 4.30. The molecule has 0 saturated carbocycles. The first-order valence-electron chi connectivity index (χ1n) is 7.09. The second kappa shape index (κ2) is 8.92. The van der Waals surface area contributed by atoms with E-state index in [2.05, 4.69) is 21.0 Å². The van der Waals surface area contributed by atoms with E-state index >= 15 is 0 Å². The van der Waals surface area contributed by atoms with Crippen molar-refractivity contribution in [2.24, 2.45) is 5.92 Å². The Morgan fingerprint density at radius 3 is 2.80 bits per heavy atom. The Morgan fingerprint density at radius 1 is 1.45 bits per heavy atom. The number of amides is 2. The van der Waals surface area contributed by atoms with Crippen molar-refractivity contribution in [1.82, 2.24) is 15.6 Å². The number of rotatable bonds is 8. The Bertz CT molecular complexity index is 409. The molecule has 3 N–H and O–H groups in total. The Morgan fingerprint density at radius 2 is 2.20 bits per heavy atom. The van der Waals surface area contributed by atoms with Gasteiger partial charge in [-0.1, -0.05) is 6.92 Å². The minimum absolute atomic E-state index is 0.0294. The van der Waals surface area contributed by atoms with Crippen LogP contribution in [0.4, 0.5) is 4.79 Å². The van der Waals surface area contributed by atoms with Crippen molar-refractivity contribution in [3.8, 4) is 0 Å². The van der Waals surface area contributed by atoms with Crippen LogP contribution in [-0.4, -0.2) is 35.3 Å². The van der Waals surface area contributed by atoms with Gasteiger partial charge in [0.25, 0.3) is 0 Å². The summed E-state index contributed by atoms with van der Waals surface area (Å²) < 4.78 is 0. The number of aryl methyl sites for hydroxylation is 2. The number of unbranched alkanes of at least 4 members (excludes halogenated alkanes) is 1. The summed E-state index contributed by atoms with van der Waals surface area (Å²) in [7, 11) is 0. The largest absolute Gasteiger partial charge is 0.396 e. The van der Waals surface area contributed by atoms with Gasteiger partial charge in [-0.3, -0.25) is 0 Å². The number of nitrogens with one attached hydrogen (secondary N) is 2. The van der Waals surface area contributed by atoms with Crippen LogP contribution in [0, 0.1) is 12.8 Å². The highest BCUT2D eigenvalue weighted by molar-refractivity contribution is 7.09. The van der Waals surface area contributed by atoms with Crippen molar-refractivity contribution < 1.29 is 9.90 Å². The van der Waals surface area contributed by atoms with Crippen molar-refractivity contribution in [2.75, 3.05) is 13.2 Å². The molecule has 1 rings (SSSR count). The van der Waals surface area contributed by atoms with E-state index < -0.39 is 0 Å². The monoisotopic (exact) mass is 299 g/mol. The molecule has 2 atom stereocenters. The molecule has 0 radical (unpaired) electrons. The molecule has 2 unspecified atom stereocenters. The van der Waals surface area contributed by atoms with Crippen molar-refractivity contribution in [3.05, 3.63) is 16.1 Å². The van der Waals surface area contributed by atoms with Crippen molar-refractivity contribution >= 4 is 17.4 Å². The molecule has 0 aliphatic heterocycles. The van der Waals surface area contributed by atoms with Gasteiger partial charge in [0.1, 0.15) is 0 Å². The summed E-state index contributed by atoms with van der Waals surface area (Å²) in [5.74, 6) is 0.0638. The second-order valence-corrected chi connectivity index (χ2v) is 6.13. The third kappa shape index (κ3) is 6.34. The zero-order valence-corrected chi connectivity index (χ0v) is 13.3. The lowest BCUT2D eigenvalue weighted by Crippen LogP contribution is -2.44. The van der Waals surface area contributed by atoms with Gasteiger partial charge in [-0.2, -0.15) is 0 Å². The van der Waals surface area contributed by atoms with Crippen LogP contribution in [0.25, 0.3) is 0 Å². The van der Waals surface area contributed by atoms with E-state index in [-0.39, 0.29) is 24.6 Å². The van der Waals surface area contributed by atoms with Crippen molar-refractivity contribution in [1.29, 1.82) is 0 Å². The number of nitrogens with zero attached hydrogens (tertiary/aromatic N) is 1. The highest BCUT2D eigenvalue weighted by Gasteiger charge is 2.13. The lowest BCUT2D eigenvalue weighted by atomic mass is 10.1. The van der Waals surface area contributed by atoms with Crippen molar-refractivity contribution in [2.45, 2.75) is 46.1 Å². The molecule has 1 aromatic heterocycles. The SMILES string of the molecule is Cc1csc(CCCCNC(=O)NC(C)C(C)CO)n1. The molecule has 2 amide bonds. The van der Waals surface area contributed by atoms with Crippen LogP contribution in [-0.2, 0) is 6.42 Å². The molecule has 114 valence electrons. The number of aliphatic hydroxyl groups excluding tert-OH is 1. The summed E-state index contributed by atoms with van der Waals surface area (Å²) in [5, 5.41) is 17.9. The number of hydrogen-bond acceptors (Lipinski definition) is 4. The van der Waals surface area contributed by atoms with Crippen LogP contribution in [0.3, 0.4) is 0 Å². The number of thiazole rings is 1. The van der Waals surface area contributed by atoms with Crippen LogP contribution in [0.5, 0.6) is 0 Å². The van der Waals surface area contributed by atoms with Crippen LogP contribution >= 0.6 is 11.3 Å². The second-order valence-electron chi connectivity index (χ2n) is 5.19. The molecule has 0 fully saturated rings. The highest BCUT2D eigenvalue weighted by Crippen LogP contribution is 2.11. The van der Waals surface area contributed by atoms with Gasteiger partial charge in [0.2, 0.25) is 0 Å². The first kappa shape index (κ1) is 16.9. The first-order valence-corrected chi connectivity index (χ1v) is 7.97.